The summed E-state index contributed by atoms with van der Waals surface area (Å²) in [6, 6.07) is 8.81. The van der Waals surface area contributed by atoms with E-state index >= 15 is 0 Å². The van der Waals surface area contributed by atoms with Crippen molar-refractivity contribution in [2.45, 2.75) is 83.5 Å². The maximum Gasteiger partial charge on any atom is 0.0833 e. The molecule has 5 aliphatic rings. The summed E-state index contributed by atoms with van der Waals surface area (Å²) in [4.78, 5) is 2.51. The molecule has 172 valence electrons. The second kappa shape index (κ2) is 7.29. The zero-order valence-corrected chi connectivity index (χ0v) is 19.8. The number of aliphatic hydroxyl groups is 2. The number of fused-ring (bicyclic) bond motifs is 6. The molecule has 0 spiro atoms. The molecule has 6 atom stereocenters. The monoisotopic (exact) mass is 433 g/mol. The lowest BCUT2D eigenvalue weighted by molar-refractivity contribution is -0.104. The van der Waals surface area contributed by atoms with Crippen LogP contribution >= 0.6 is 0 Å². The number of rotatable bonds is 2. The van der Waals surface area contributed by atoms with Gasteiger partial charge in [-0.2, -0.15) is 0 Å². The second-order valence-electron chi connectivity index (χ2n) is 12.0. The van der Waals surface area contributed by atoms with Gasteiger partial charge in [0.05, 0.1) is 11.7 Å². The van der Waals surface area contributed by atoms with Gasteiger partial charge >= 0.3 is 0 Å². The van der Waals surface area contributed by atoms with Gasteiger partial charge in [0.15, 0.2) is 0 Å². The smallest absolute Gasteiger partial charge is 0.0833 e. The Morgan fingerprint density at radius 2 is 1.75 bits per heavy atom. The van der Waals surface area contributed by atoms with Crippen molar-refractivity contribution in [1.29, 1.82) is 0 Å². The van der Waals surface area contributed by atoms with Crippen molar-refractivity contribution in [3.63, 3.8) is 0 Å². The number of allylic oxidation sites excluding steroid dienone is 3. The molecule has 0 aromatic heterocycles. The predicted octanol–water partition coefficient (Wildman–Crippen LogP) is 5.02. The third kappa shape index (κ3) is 2.97. The van der Waals surface area contributed by atoms with Crippen LogP contribution in [0.3, 0.4) is 0 Å². The summed E-state index contributed by atoms with van der Waals surface area (Å²) in [5.74, 6) is 1.09. The van der Waals surface area contributed by atoms with Crippen LogP contribution in [0, 0.1) is 22.7 Å². The van der Waals surface area contributed by atoms with E-state index in [9.17, 15) is 10.2 Å². The number of β-amino-alcohol motifs (C(OH)–C–C–N with tert-alkyl or cyclic N) is 1. The Morgan fingerprint density at radius 1 is 0.969 bits per heavy atom. The van der Waals surface area contributed by atoms with Gasteiger partial charge in [0.1, 0.15) is 0 Å². The van der Waals surface area contributed by atoms with Crippen molar-refractivity contribution >= 4 is 0 Å². The zero-order valence-electron chi connectivity index (χ0n) is 19.8. The average molecular weight is 434 g/mol. The van der Waals surface area contributed by atoms with Crippen molar-refractivity contribution in [3.05, 3.63) is 58.7 Å². The minimum Gasteiger partial charge on any atom is -0.393 e. The molecule has 3 fully saturated rings. The number of hydrogen-bond donors (Lipinski definition) is 2. The minimum atomic E-state index is -0.608. The first kappa shape index (κ1) is 21.1. The molecule has 3 nitrogen and oxygen atoms in total. The molecular formula is C29H39NO2. The van der Waals surface area contributed by atoms with Gasteiger partial charge in [-0.25, -0.2) is 0 Å². The van der Waals surface area contributed by atoms with E-state index in [1.165, 1.54) is 23.1 Å². The Morgan fingerprint density at radius 3 is 2.59 bits per heavy atom. The third-order valence-corrected chi connectivity index (χ3v) is 10.6. The van der Waals surface area contributed by atoms with E-state index in [0.29, 0.717) is 11.8 Å². The topological polar surface area (TPSA) is 43.7 Å². The summed E-state index contributed by atoms with van der Waals surface area (Å²) in [6.45, 7) is 7.68. The molecule has 1 aromatic carbocycles. The molecule has 3 heteroatoms. The highest BCUT2D eigenvalue weighted by molar-refractivity contribution is 5.40. The minimum absolute atomic E-state index is 0.0395. The van der Waals surface area contributed by atoms with E-state index in [4.69, 9.17) is 0 Å². The largest absolute Gasteiger partial charge is 0.393 e. The molecule has 0 bridgehead atoms. The van der Waals surface area contributed by atoms with Crippen molar-refractivity contribution < 1.29 is 10.2 Å². The maximum absolute atomic E-state index is 12.2. The van der Waals surface area contributed by atoms with E-state index in [1.54, 1.807) is 5.57 Å². The van der Waals surface area contributed by atoms with E-state index < -0.39 is 5.60 Å². The molecule has 32 heavy (non-hydrogen) atoms. The summed E-state index contributed by atoms with van der Waals surface area (Å²) < 4.78 is 0. The lowest BCUT2D eigenvalue weighted by Gasteiger charge is -2.56. The molecule has 1 aromatic rings. The zero-order chi connectivity index (χ0) is 22.1. The van der Waals surface area contributed by atoms with Crippen molar-refractivity contribution in [3.8, 4) is 0 Å². The standard InChI is InChI=1S/C29H39NO2/c1-27-13-9-23(31)17-22(27)7-8-24-25(27)10-14-28(2)26(24)11-15-29(28,32)19-30-16-12-20-5-3-4-6-21(20)18-30/h3-8,23,25-26,31-32H,9-19H2,1-2H3. The SMILES string of the molecule is CC12CCC(O)CC1=CC=C1C2CCC2(C)C1CCC2(O)CN1CCc2ccccc2C1. The second-order valence-corrected chi connectivity index (χ2v) is 12.0. The first-order valence-electron chi connectivity index (χ1n) is 12.9. The van der Waals surface area contributed by atoms with Crippen LogP contribution in [0.25, 0.3) is 0 Å². The molecule has 0 amide bonds. The third-order valence-electron chi connectivity index (χ3n) is 10.6. The lowest BCUT2D eigenvalue weighted by Crippen LogP contribution is -2.56. The highest BCUT2D eigenvalue weighted by Crippen LogP contribution is 2.66. The van der Waals surface area contributed by atoms with Crippen LogP contribution in [-0.2, 0) is 13.0 Å². The Labute approximate surface area is 193 Å². The van der Waals surface area contributed by atoms with E-state index in [2.05, 4.69) is 55.2 Å². The number of hydrogen-bond acceptors (Lipinski definition) is 3. The fraction of sp³-hybridized carbons (Fsp3) is 0.655. The molecular weight excluding hydrogens is 394 g/mol. The molecule has 6 rings (SSSR count). The molecule has 4 aliphatic carbocycles. The number of nitrogens with zero attached hydrogens (tertiary/aromatic N) is 1. The molecule has 2 N–H and O–H groups in total. The molecule has 3 saturated carbocycles. The van der Waals surface area contributed by atoms with E-state index in [0.717, 1.165) is 64.6 Å². The first-order chi connectivity index (χ1) is 15.3. The van der Waals surface area contributed by atoms with Crippen molar-refractivity contribution in [1.82, 2.24) is 4.90 Å². The summed E-state index contributed by atoms with van der Waals surface area (Å²) in [7, 11) is 0. The van der Waals surface area contributed by atoms with Crippen LogP contribution in [-0.4, -0.2) is 39.9 Å². The summed E-state index contributed by atoms with van der Waals surface area (Å²) in [5, 5.41) is 22.4. The summed E-state index contributed by atoms with van der Waals surface area (Å²) >= 11 is 0. The van der Waals surface area contributed by atoms with Crippen molar-refractivity contribution in [2.75, 3.05) is 13.1 Å². The van der Waals surface area contributed by atoms with E-state index in [1.807, 2.05) is 0 Å². The average Bonchev–Trinajstić information content (AvgIpc) is 3.04. The quantitative estimate of drug-likeness (QED) is 0.688. The van der Waals surface area contributed by atoms with Gasteiger partial charge in [-0.15, -0.1) is 0 Å². The van der Waals surface area contributed by atoms with Gasteiger partial charge in [0, 0.05) is 25.0 Å². The predicted molar refractivity (Wildman–Crippen MR) is 128 cm³/mol. The van der Waals surface area contributed by atoms with Gasteiger partial charge in [-0.05, 0) is 79.7 Å². The van der Waals surface area contributed by atoms with Crippen LogP contribution in [0.2, 0.25) is 0 Å². The first-order valence-corrected chi connectivity index (χ1v) is 12.9. The van der Waals surface area contributed by atoms with Gasteiger partial charge in [-0.1, -0.05) is 61.4 Å². The Hall–Kier alpha value is -1.42. The van der Waals surface area contributed by atoms with Crippen LogP contribution in [0.4, 0.5) is 0 Å². The van der Waals surface area contributed by atoms with Crippen LogP contribution in [0.5, 0.6) is 0 Å². The molecule has 1 aliphatic heterocycles. The van der Waals surface area contributed by atoms with Gasteiger partial charge in [0.2, 0.25) is 0 Å². The Bertz CT molecular complexity index is 981. The van der Waals surface area contributed by atoms with Crippen LogP contribution in [0.1, 0.15) is 69.9 Å². The maximum atomic E-state index is 12.2. The summed E-state index contributed by atoms with van der Waals surface area (Å²) in [5.41, 5.74) is 5.56. The van der Waals surface area contributed by atoms with Gasteiger partial charge in [0.25, 0.3) is 0 Å². The lowest BCUT2D eigenvalue weighted by atomic mass is 9.50. The van der Waals surface area contributed by atoms with Gasteiger partial charge < -0.3 is 10.2 Å². The van der Waals surface area contributed by atoms with Crippen LogP contribution < -0.4 is 0 Å². The number of benzene rings is 1. The molecule has 0 radical (unpaired) electrons. The summed E-state index contributed by atoms with van der Waals surface area (Å²) in [6.07, 6.45) is 12.9. The highest BCUT2D eigenvalue weighted by Gasteiger charge is 2.62. The normalized spacial score (nSPS) is 43.4. The van der Waals surface area contributed by atoms with E-state index in [-0.39, 0.29) is 16.9 Å². The molecule has 1 heterocycles. The highest BCUT2D eigenvalue weighted by atomic mass is 16.3. The van der Waals surface area contributed by atoms with Gasteiger partial charge in [-0.3, -0.25) is 4.90 Å². The van der Waals surface area contributed by atoms with Crippen molar-refractivity contribution in [2.24, 2.45) is 22.7 Å². The number of aliphatic hydroxyl groups excluding tert-OH is 1. The molecule has 6 unspecified atom stereocenters. The Kier molecular flexibility index (Phi) is 4.81. The van der Waals surface area contributed by atoms with Crippen LogP contribution in [0.15, 0.2) is 47.6 Å². The Balaban J connectivity index is 1.26. The fourth-order valence-electron chi connectivity index (χ4n) is 8.41. The molecule has 0 saturated heterocycles. The fourth-order valence-corrected chi connectivity index (χ4v) is 8.41.